The minimum atomic E-state index is -3.75. The molecule has 1 aromatic carbocycles. The Morgan fingerprint density at radius 1 is 1.18 bits per heavy atom. The third-order valence-electron chi connectivity index (χ3n) is 6.92. The fourth-order valence-electron chi connectivity index (χ4n) is 4.87. The van der Waals surface area contributed by atoms with E-state index in [-0.39, 0.29) is 28.0 Å². The lowest BCUT2D eigenvalue weighted by molar-refractivity contribution is 0.0856. The van der Waals surface area contributed by atoms with E-state index < -0.39 is 21.4 Å². The van der Waals surface area contributed by atoms with E-state index in [1.807, 2.05) is 6.92 Å². The molecule has 1 amide bonds. The van der Waals surface area contributed by atoms with Crippen molar-refractivity contribution in [2.45, 2.75) is 75.5 Å². The summed E-state index contributed by atoms with van der Waals surface area (Å²) in [5.74, 6) is -0.466. The number of nitrogens with zero attached hydrogens (tertiary/aromatic N) is 2. The number of benzene rings is 1. The maximum atomic E-state index is 13.3. The number of aryl methyl sites for hydroxylation is 1. The van der Waals surface area contributed by atoms with Crippen LogP contribution in [-0.4, -0.2) is 55.5 Å². The van der Waals surface area contributed by atoms with Gasteiger partial charge in [-0.3, -0.25) is 9.59 Å². The summed E-state index contributed by atoms with van der Waals surface area (Å²) in [6.45, 7) is 3.49. The average molecular weight is 476 g/mol. The normalized spacial score (nSPS) is 19.9. The number of nitrogens with one attached hydrogen (secondary N) is 1. The molecule has 1 aromatic heterocycles. The van der Waals surface area contributed by atoms with Gasteiger partial charge in [-0.2, -0.15) is 4.31 Å². The number of amides is 1. The molecular weight excluding hydrogens is 442 g/mol. The number of sulfonamides is 1. The zero-order valence-electron chi connectivity index (χ0n) is 19.4. The number of fused-ring (bicyclic) bond motifs is 1. The minimum Gasteiger partial charge on any atom is -0.376 e. The summed E-state index contributed by atoms with van der Waals surface area (Å²) in [5.41, 5.74) is 0.159. The number of pyridine rings is 1. The molecule has 2 aliphatic rings. The van der Waals surface area contributed by atoms with Crippen LogP contribution < -0.4 is 10.7 Å². The van der Waals surface area contributed by atoms with Crippen molar-refractivity contribution in [3.8, 4) is 0 Å². The van der Waals surface area contributed by atoms with Crippen LogP contribution in [0.25, 0.3) is 10.9 Å². The molecule has 1 atom stereocenters. The van der Waals surface area contributed by atoms with Crippen LogP contribution in [0.1, 0.15) is 62.2 Å². The standard InChI is InChI=1S/C24H33N3O5S/c1-3-27-16-21(24(29)25-15-18-10-7-13-32-18)23(28)20-14-19(11-12-22(20)27)33(30,31)26(2)17-8-5-4-6-9-17/h11-12,14,16-18H,3-10,13,15H2,1-2H3,(H,25,29)/t18-/m1/s1. The van der Waals surface area contributed by atoms with Gasteiger partial charge in [0.1, 0.15) is 5.56 Å². The molecule has 1 saturated carbocycles. The number of hydrogen-bond acceptors (Lipinski definition) is 5. The summed E-state index contributed by atoms with van der Waals surface area (Å²) >= 11 is 0. The second-order valence-corrected chi connectivity index (χ2v) is 11.0. The quantitative estimate of drug-likeness (QED) is 0.664. The highest BCUT2D eigenvalue weighted by molar-refractivity contribution is 7.89. The van der Waals surface area contributed by atoms with Gasteiger partial charge in [0.2, 0.25) is 15.5 Å². The van der Waals surface area contributed by atoms with Crippen LogP contribution in [0.3, 0.4) is 0 Å². The zero-order chi connectivity index (χ0) is 23.6. The summed E-state index contributed by atoms with van der Waals surface area (Å²) in [6.07, 6.45) is 8.24. The maximum Gasteiger partial charge on any atom is 0.256 e. The van der Waals surface area contributed by atoms with Crippen LogP contribution in [0.2, 0.25) is 0 Å². The molecule has 0 spiro atoms. The summed E-state index contributed by atoms with van der Waals surface area (Å²) in [6, 6.07) is 4.62. The van der Waals surface area contributed by atoms with Crippen LogP contribution in [-0.2, 0) is 21.3 Å². The smallest absolute Gasteiger partial charge is 0.256 e. The molecule has 180 valence electrons. The lowest BCUT2D eigenvalue weighted by Gasteiger charge is -2.30. The Balaban J connectivity index is 1.68. The Bertz CT molecular complexity index is 1180. The van der Waals surface area contributed by atoms with E-state index in [4.69, 9.17) is 4.74 Å². The predicted octanol–water partition coefficient (Wildman–Crippen LogP) is 2.88. The van der Waals surface area contributed by atoms with Crippen molar-refractivity contribution < 1.29 is 17.9 Å². The number of carbonyl (C=O) groups excluding carboxylic acids is 1. The fraction of sp³-hybridized carbons (Fsp3) is 0.583. The predicted molar refractivity (Wildman–Crippen MR) is 127 cm³/mol. The first-order valence-electron chi connectivity index (χ1n) is 11.9. The molecule has 1 N–H and O–H groups in total. The third kappa shape index (κ3) is 4.85. The molecule has 33 heavy (non-hydrogen) atoms. The monoisotopic (exact) mass is 475 g/mol. The van der Waals surface area contributed by atoms with Gasteiger partial charge in [0.05, 0.1) is 16.5 Å². The Hall–Kier alpha value is -2.23. The molecular formula is C24H33N3O5S. The molecule has 0 unspecified atom stereocenters. The topological polar surface area (TPSA) is 97.7 Å². The first-order valence-corrected chi connectivity index (χ1v) is 13.3. The number of hydrogen-bond donors (Lipinski definition) is 1. The molecule has 9 heteroatoms. The third-order valence-corrected chi connectivity index (χ3v) is 8.82. The van der Waals surface area contributed by atoms with Gasteiger partial charge in [-0.05, 0) is 50.8 Å². The van der Waals surface area contributed by atoms with Gasteiger partial charge in [0, 0.05) is 44.4 Å². The number of aromatic nitrogens is 1. The average Bonchev–Trinajstić information content (AvgIpc) is 3.36. The Morgan fingerprint density at radius 3 is 2.61 bits per heavy atom. The van der Waals surface area contributed by atoms with E-state index in [9.17, 15) is 18.0 Å². The summed E-state index contributed by atoms with van der Waals surface area (Å²) in [4.78, 5) is 26.2. The lowest BCUT2D eigenvalue weighted by Crippen LogP contribution is -2.38. The molecule has 0 bridgehead atoms. The van der Waals surface area contributed by atoms with E-state index in [0.29, 0.717) is 25.2 Å². The molecule has 2 aromatic rings. The van der Waals surface area contributed by atoms with Crippen LogP contribution in [0.15, 0.2) is 34.1 Å². The van der Waals surface area contributed by atoms with E-state index >= 15 is 0 Å². The molecule has 2 heterocycles. The SMILES string of the molecule is CCn1cc(C(=O)NC[C@H]2CCCO2)c(=O)c2cc(S(=O)(=O)N(C)C3CCCCC3)ccc21. The van der Waals surface area contributed by atoms with Crippen molar-refractivity contribution in [3.63, 3.8) is 0 Å². The van der Waals surface area contributed by atoms with Crippen LogP contribution in [0.5, 0.6) is 0 Å². The molecule has 2 fully saturated rings. The van der Waals surface area contributed by atoms with Gasteiger partial charge in [0.25, 0.3) is 5.91 Å². The van der Waals surface area contributed by atoms with E-state index in [2.05, 4.69) is 5.32 Å². The minimum absolute atomic E-state index is 0.0116. The van der Waals surface area contributed by atoms with E-state index in [1.165, 1.54) is 10.4 Å². The molecule has 1 aliphatic heterocycles. The number of carbonyl (C=O) groups is 1. The Morgan fingerprint density at radius 2 is 1.94 bits per heavy atom. The Kier molecular flexibility index (Phi) is 7.21. The number of ether oxygens (including phenoxy) is 1. The summed E-state index contributed by atoms with van der Waals surface area (Å²) in [5, 5.41) is 3.04. The lowest BCUT2D eigenvalue weighted by atomic mass is 9.96. The van der Waals surface area contributed by atoms with Gasteiger partial charge in [-0.1, -0.05) is 19.3 Å². The fourth-order valence-corrected chi connectivity index (χ4v) is 6.32. The molecule has 4 rings (SSSR count). The van der Waals surface area contributed by atoms with Crippen molar-refractivity contribution in [2.75, 3.05) is 20.2 Å². The van der Waals surface area contributed by atoms with Crippen molar-refractivity contribution in [3.05, 3.63) is 40.2 Å². The molecule has 1 aliphatic carbocycles. The van der Waals surface area contributed by atoms with Gasteiger partial charge in [0.15, 0.2) is 0 Å². The maximum absolute atomic E-state index is 13.3. The highest BCUT2D eigenvalue weighted by atomic mass is 32.2. The molecule has 0 radical (unpaired) electrons. The van der Waals surface area contributed by atoms with Crippen LogP contribution >= 0.6 is 0 Å². The highest BCUT2D eigenvalue weighted by Gasteiger charge is 2.30. The highest BCUT2D eigenvalue weighted by Crippen LogP contribution is 2.27. The van der Waals surface area contributed by atoms with Crippen molar-refractivity contribution in [1.82, 2.24) is 14.2 Å². The first-order chi connectivity index (χ1) is 15.8. The van der Waals surface area contributed by atoms with Crippen LogP contribution in [0, 0.1) is 0 Å². The summed E-state index contributed by atoms with van der Waals surface area (Å²) < 4.78 is 35.5. The first kappa shape index (κ1) is 23.9. The molecule has 8 nitrogen and oxygen atoms in total. The van der Waals surface area contributed by atoms with E-state index in [0.717, 1.165) is 44.9 Å². The number of rotatable bonds is 7. The zero-order valence-corrected chi connectivity index (χ0v) is 20.2. The molecule has 1 saturated heterocycles. The van der Waals surface area contributed by atoms with Crippen molar-refractivity contribution in [1.29, 1.82) is 0 Å². The second kappa shape index (κ2) is 9.95. The van der Waals surface area contributed by atoms with Gasteiger partial charge >= 0.3 is 0 Å². The van der Waals surface area contributed by atoms with Crippen molar-refractivity contribution in [2.24, 2.45) is 0 Å². The van der Waals surface area contributed by atoms with Gasteiger partial charge in [-0.15, -0.1) is 0 Å². The second-order valence-electron chi connectivity index (χ2n) is 9.00. The van der Waals surface area contributed by atoms with Crippen LogP contribution in [0.4, 0.5) is 0 Å². The Labute approximate surface area is 195 Å². The van der Waals surface area contributed by atoms with Gasteiger partial charge < -0.3 is 14.6 Å². The van der Waals surface area contributed by atoms with Gasteiger partial charge in [-0.25, -0.2) is 8.42 Å². The summed E-state index contributed by atoms with van der Waals surface area (Å²) in [7, 11) is -2.13. The van der Waals surface area contributed by atoms with Crippen molar-refractivity contribution >= 4 is 26.8 Å². The van der Waals surface area contributed by atoms with E-state index in [1.54, 1.807) is 29.9 Å². The largest absolute Gasteiger partial charge is 0.376 e.